The first-order valence-corrected chi connectivity index (χ1v) is 11.4. The molecule has 1 unspecified atom stereocenters. The van der Waals surface area contributed by atoms with Crippen LogP contribution in [0.1, 0.15) is 111 Å². The second-order valence-electron chi connectivity index (χ2n) is 8.91. The van der Waals surface area contributed by atoms with E-state index in [-0.39, 0.29) is 11.9 Å². The van der Waals surface area contributed by atoms with Gasteiger partial charge in [-0.15, -0.1) is 0 Å². The first-order chi connectivity index (χ1) is 12.4. The van der Waals surface area contributed by atoms with E-state index >= 15 is 0 Å². The predicted octanol–water partition coefficient (Wildman–Crippen LogP) is 6.17. The first kappa shape index (κ1) is 25.4. The molecular formula is C23H48N2O. The summed E-state index contributed by atoms with van der Waals surface area (Å²) in [5, 5.41) is 3.08. The van der Waals surface area contributed by atoms with Gasteiger partial charge in [-0.1, -0.05) is 90.9 Å². The molecule has 0 aromatic carbocycles. The van der Waals surface area contributed by atoms with Gasteiger partial charge >= 0.3 is 0 Å². The highest BCUT2D eigenvalue weighted by atomic mass is 16.1. The maximum atomic E-state index is 11.8. The predicted molar refractivity (Wildman–Crippen MR) is 116 cm³/mol. The molecule has 0 aliphatic carbocycles. The smallest absolute Gasteiger partial charge is 0.220 e. The standard InChI is InChI=1S/C23H48N2O/c1-21(2)18-16-14-12-10-8-6-7-9-11-13-15-17-19-23(26)24-22(3)20-25(4)5/h21-22H,6-20H2,1-5H3,(H,24,26). The minimum Gasteiger partial charge on any atom is -0.352 e. The number of unbranched alkanes of at least 4 members (excludes halogenated alkanes) is 11. The van der Waals surface area contributed by atoms with Gasteiger partial charge in [0.15, 0.2) is 0 Å². The lowest BCUT2D eigenvalue weighted by Crippen LogP contribution is -2.39. The van der Waals surface area contributed by atoms with E-state index in [4.69, 9.17) is 0 Å². The summed E-state index contributed by atoms with van der Waals surface area (Å²) < 4.78 is 0. The lowest BCUT2D eigenvalue weighted by Gasteiger charge is -2.18. The molecule has 0 aromatic heterocycles. The zero-order valence-corrected chi connectivity index (χ0v) is 18.6. The normalized spacial score (nSPS) is 12.7. The molecule has 0 aliphatic heterocycles. The van der Waals surface area contributed by atoms with Crippen LogP contribution >= 0.6 is 0 Å². The summed E-state index contributed by atoms with van der Waals surface area (Å²) >= 11 is 0. The largest absolute Gasteiger partial charge is 0.352 e. The Morgan fingerprint density at radius 2 is 1.15 bits per heavy atom. The molecule has 1 amide bonds. The highest BCUT2D eigenvalue weighted by Crippen LogP contribution is 2.14. The van der Waals surface area contributed by atoms with E-state index in [2.05, 4.69) is 31.0 Å². The van der Waals surface area contributed by atoms with Crippen molar-refractivity contribution in [3.8, 4) is 0 Å². The van der Waals surface area contributed by atoms with Crippen molar-refractivity contribution >= 4 is 5.91 Å². The number of nitrogens with zero attached hydrogens (tertiary/aromatic N) is 1. The summed E-state index contributed by atoms with van der Waals surface area (Å²) in [4.78, 5) is 13.9. The fraction of sp³-hybridized carbons (Fsp3) is 0.957. The molecule has 0 aromatic rings. The molecule has 0 saturated carbocycles. The molecule has 3 nitrogen and oxygen atoms in total. The Balaban J connectivity index is 3.23. The van der Waals surface area contributed by atoms with Crippen molar-refractivity contribution in [2.45, 2.75) is 117 Å². The lowest BCUT2D eigenvalue weighted by molar-refractivity contribution is -0.121. The van der Waals surface area contributed by atoms with E-state index in [1.165, 1.54) is 77.0 Å². The van der Waals surface area contributed by atoms with Crippen molar-refractivity contribution in [1.82, 2.24) is 10.2 Å². The van der Waals surface area contributed by atoms with Crippen LogP contribution in [0.2, 0.25) is 0 Å². The van der Waals surface area contributed by atoms with E-state index < -0.39 is 0 Å². The Labute approximate surface area is 164 Å². The summed E-state index contributed by atoms with van der Waals surface area (Å²) in [6.45, 7) is 7.62. The van der Waals surface area contributed by atoms with Gasteiger partial charge in [0.1, 0.15) is 0 Å². The van der Waals surface area contributed by atoms with E-state index in [1.54, 1.807) is 0 Å². The third-order valence-corrected chi connectivity index (χ3v) is 4.98. The average molecular weight is 369 g/mol. The van der Waals surface area contributed by atoms with Gasteiger partial charge in [0, 0.05) is 19.0 Å². The Bertz CT molecular complexity index is 315. The van der Waals surface area contributed by atoms with Gasteiger partial charge in [-0.2, -0.15) is 0 Å². The van der Waals surface area contributed by atoms with Crippen molar-refractivity contribution in [3.63, 3.8) is 0 Å². The maximum Gasteiger partial charge on any atom is 0.220 e. The molecule has 0 rings (SSSR count). The third kappa shape index (κ3) is 19.8. The number of likely N-dealkylation sites (N-methyl/N-ethyl adjacent to an activating group) is 1. The minimum absolute atomic E-state index is 0.216. The highest BCUT2D eigenvalue weighted by Gasteiger charge is 2.07. The molecule has 0 heterocycles. The number of hydrogen-bond donors (Lipinski definition) is 1. The van der Waals surface area contributed by atoms with Gasteiger partial charge in [0.2, 0.25) is 5.91 Å². The van der Waals surface area contributed by atoms with Crippen molar-refractivity contribution in [1.29, 1.82) is 0 Å². The molecule has 0 saturated heterocycles. The van der Waals surface area contributed by atoms with E-state index in [0.717, 1.165) is 18.9 Å². The molecule has 0 aliphatic rings. The van der Waals surface area contributed by atoms with E-state index in [0.29, 0.717) is 6.42 Å². The van der Waals surface area contributed by atoms with Crippen LogP contribution in [0.25, 0.3) is 0 Å². The second-order valence-corrected chi connectivity index (χ2v) is 8.91. The molecule has 0 radical (unpaired) electrons. The second kappa shape index (κ2) is 17.8. The minimum atomic E-state index is 0.216. The molecule has 0 spiro atoms. The third-order valence-electron chi connectivity index (χ3n) is 4.98. The van der Waals surface area contributed by atoms with Gasteiger partial charge in [-0.25, -0.2) is 0 Å². The van der Waals surface area contributed by atoms with Crippen LogP contribution in [0.4, 0.5) is 0 Å². The Morgan fingerprint density at radius 1 is 0.731 bits per heavy atom. The number of nitrogens with one attached hydrogen (secondary N) is 1. The molecule has 3 heteroatoms. The van der Waals surface area contributed by atoms with Crippen LogP contribution in [-0.4, -0.2) is 37.5 Å². The zero-order chi connectivity index (χ0) is 19.6. The number of hydrogen-bond acceptors (Lipinski definition) is 2. The van der Waals surface area contributed by atoms with Gasteiger partial charge in [-0.05, 0) is 33.4 Å². The Hall–Kier alpha value is -0.570. The zero-order valence-electron chi connectivity index (χ0n) is 18.6. The quantitative estimate of drug-likeness (QED) is 0.293. The fourth-order valence-electron chi connectivity index (χ4n) is 3.55. The van der Waals surface area contributed by atoms with Gasteiger partial charge in [0.25, 0.3) is 0 Å². The molecule has 0 fully saturated rings. The molecule has 1 N–H and O–H groups in total. The monoisotopic (exact) mass is 368 g/mol. The summed E-state index contributed by atoms with van der Waals surface area (Å²) in [6.07, 6.45) is 18.3. The van der Waals surface area contributed by atoms with Crippen LogP contribution in [-0.2, 0) is 4.79 Å². The number of carbonyl (C=O) groups is 1. The lowest BCUT2D eigenvalue weighted by atomic mass is 10.0. The molecular weight excluding hydrogens is 320 g/mol. The topological polar surface area (TPSA) is 32.3 Å². The van der Waals surface area contributed by atoms with Crippen LogP contribution in [0.15, 0.2) is 0 Å². The molecule has 26 heavy (non-hydrogen) atoms. The van der Waals surface area contributed by atoms with Crippen LogP contribution < -0.4 is 5.32 Å². The summed E-state index contributed by atoms with van der Waals surface area (Å²) in [7, 11) is 4.08. The van der Waals surface area contributed by atoms with Crippen molar-refractivity contribution < 1.29 is 4.79 Å². The fourth-order valence-corrected chi connectivity index (χ4v) is 3.55. The Kier molecular flexibility index (Phi) is 17.4. The van der Waals surface area contributed by atoms with Gasteiger partial charge < -0.3 is 10.2 Å². The first-order valence-electron chi connectivity index (χ1n) is 11.4. The van der Waals surface area contributed by atoms with Crippen molar-refractivity contribution in [3.05, 3.63) is 0 Å². The summed E-state index contributed by atoms with van der Waals surface area (Å²) in [6, 6.07) is 0.243. The Morgan fingerprint density at radius 3 is 1.58 bits per heavy atom. The van der Waals surface area contributed by atoms with E-state index in [1.807, 2.05) is 14.1 Å². The van der Waals surface area contributed by atoms with Crippen LogP contribution in [0.5, 0.6) is 0 Å². The highest BCUT2D eigenvalue weighted by molar-refractivity contribution is 5.76. The molecule has 1 atom stereocenters. The summed E-state index contributed by atoms with van der Waals surface area (Å²) in [5.74, 6) is 1.09. The summed E-state index contributed by atoms with van der Waals surface area (Å²) in [5.41, 5.74) is 0. The van der Waals surface area contributed by atoms with Gasteiger partial charge in [0.05, 0.1) is 0 Å². The van der Waals surface area contributed by atoms with Gasteiger partial charge in [-0.3, -0.25) is 4.79 Å². The van der Waals surface area contributed by atoms with Crippen molar-refractivity contribution in [2.24, 2.45) is 5.92 Å². The van der Waals surface area contributed by atoms with E-state index in [9.17, 15) is 4.79 Å². The average Bonchev–Trinajstić information content (AvgIpc) is 2.53. The maximum absolute atomic E-state index is 11.8. The van der Waals surface area contributed by atoms with Crippen LogP contribution in [0.3, 0.4) is 0 Å². The van der Waals surface area contributed by atoms with Crippen molar-refractivity contribution in [2.75, 3.05) is 20.6 Å². The molecule has 156 valence electrons. The SMILES string of the molecule is CC(C)CCCCCCCCCCCCCCC(=O)NC(C)CN(C)C. The number of carbonyl (C=O) groups excluding carboxylic acids is 1. The number of rotatable bonds is 18. The van der Waals surface area contributed by atoms with Crippen LogP contribution in [0, 0.1) is 5.92 Å². The number of amides is 1. The molecule has 0 bridgehead atoms.